The summed E-state index contributed by atoms with van der Waals surface area (Å²) in [5.41, 5.74) is 2.02. The quantitative estimate of drug-likeness (QED) is 0.701. The third-order valence-corrected chi connectivity index (χ3v) is 3.71. The highest BCUT2D eigenvalue weighted by molar-refractivity contribution is 5.94. The molecule has 126 valence electrons. The Labute approximate surface area is 145 Å². The first-order chi connectivity index (χ1) is 12.2. The van der Waals surface area contributed by atoms with Gasteiger partial charge >= 0.3 is 0 Å². The fourth-order valence-corrected chi connectivity index (χ4v) is 2.56. The number of nitrogens with one attached hydrogen (secondary N) is 1. The van der Waals surface area contributed by atoms with Crippen molar-refractivity contribution in [3.8, 4) is 5.82 Å². The summed E-state index contributed by atoms with van der Waals surface area (Å²) >= 11 is 0. The first kappa shape index (κ1) is 16.6. The van der Waals surface area contributed by atoms with Crippen molar-refractivity contribution >= 4 is 12.2 Å². The summed E-state index contributed by atoms with van der Waals surface area (Å²) in [5, 5.41) is 7.08. The van der Waals surface area contributed by atoms with Gasteiger partial charge in [-0.15, -0.1) is 0 Å². The molecule has 2 aromatic heterocycles. The molecule has 0 radical (unpaired) electrons. The van der Waals surface area contributed by atoms with Crippen molar-refractivity contribution in [2.75, 3.05) is 0 Å². The maximum atomic E-state index is 12.7. The van der Waals surface area contributed by atoms with E-state index in [4.69, 9.17) is 0 Å². The van der Waals surface area contributed by atoms with E-state index in [0.717, 1.165) is 11.8 Å². The highest BCUT2D eigenvalue weighted by Gasteiger charge is 2.19. The summed E-state index contributed by atoms with van der Waals surface area (Å²) in [6, 6.07) is 16.0. The number of aldehydes is 1. The van der Waals surface area contributed by atoms with Gasteiger partial charge in [0, 0.05) is 6.20 Å². The Hall–Kier alpha value is -3.28. The molecule has 2 heterocycles. The average Bonchev–Trinajstić information content (AvgIpc) is 3.04. The van der Waals surface area contributed by atoms with Crippen molar-refractivity contribution in [2.24, 2.45) is 0 Å². The minimum atomic E-state index is -0.609. The van der Waals surface area contributed by atoms with Gasteiger partial charge in [0.1, 0.15) is 12.0 Å². The number of hydrogen-bond acceptors (Lipinski definition) is 4. The molecule has 3 rings (SSSR count). The molecule has 3 aromatic rings. The highest BCUT2D eigenvalue weighted by Crippen LogP contribution is 2.11. The molecule has 0 saturated carbocycles. The number of nitrogens with zero attached hydrogens (tertiary/aromatic N) is 3. The molecule has 0 aliphatic carbocycles. The fourth-order valence-electron chi connectivity index (χ4n) is 2.56. The summed E-state index contributed by atoms with van der Waals surface area (Å²) < 4.78 is 1.48. The number of rotatable bonds is 6. The number of amides is 1. The highest BCUT2D eigenvalue weighted by atomic mass is 16.2. The molecule has 0 bridgehead atoms. The summed E-state index contributed by atoms with van der Waals surface area (Å²) in [7, 11) is 0. The van der Waals surface area contributed by atoms with E-state index in [-0.39, 0.29) is 5.91 Å². The molecule has 0 aliphatic heterocycles. The Morgan fingerprint density at radius 3 is 2.64 bits per heavy atom. The van der Waals surface area contributed by atoms with Crippen molar-refractivity contribution in [1.29, 1.82) is 0 Å². The number of benzene rings is 1. The number of carbonyl (C=O) groups is 2. The van der Waals surface area contributed by atoms with E-state index < -0.39 is 6.04 Å². The van der Waals surface area contributed by atoms with Crippen molar-refractivity contribution in [3.05, 3.63) is 77.7 Å². The lowest BCUT2D eigenvalue weighted by molar-refractivity contribution is -0.109. The molecular formula is C19H18N4O2. The zero-order valence-electron chi connectivity index (χ0n) is 13.8. The summed E-state index contributed by atoms with van der Waals surface area (Å²) in [6.07, 6.45) is 2.82. The van der Waals surface area contributed by atoms with Crippen molar-refractivity contribution < 1.29 is 9.59 Å². The third kappa shape index (κ3) is 3.98. The molecule has 6 nitrogen and oxygen atoms in total. The van der Waals surface area contributed by atoms with Crippen LogP contribution in [0.15, 0.2) is 60.8 Å². The predicted molar refractivity (Wildman–Crippen MR) is 93.6 cm³/mol. The van der Waals surface area contributed by atoms with Crippen LogP contribution in [0, 0.1) is 6.92 Å². The zero-order valence-corrected chi connectivity index (χ0v) is 13.8. The van der Waals surface area contributed by atoms with Gasteiger partial charge in [-0.05, 0) is 37.1 Å². The van der Waals surface area contributed by atoms with E-state index >= 15 is 0 Å². The Morgan fingerprint density at radius 1 is 1.20 bits per heavy atom. The molecule has 0 aliphatic rings. The lowest BCUT2D eigenvalue weighted by Gasteiger charge is -2.13. The van der Waals surface area contributed by atoms with Crippen LogP contribution in [-0.2, 0) is 11.2 Å². The van der Waals surface area contributed by atoms with Crippen LogP contribution >= 0.6 is 0 Å². The van der Waals surface area contributed by atoms with Crippen molar-refractivity contribution in [3.63, 3.8) is 0 Å². The summed E-state index contributed by atoms with van der Waals surface area (Å²) in [4.78, 5) is 28.3. The topological polar surface area (TPSA) is 76.9 Å². The van der Waals surface area contributed by atoms with Crippen LogP contribution < -0.4 is 5.32 Å². The van der Waals surface area contributed by atoms with Crippen LogP contribution in [0.4, 0.5) is 0 Å². The van der Waals surface area contributed by atoms with Gasteiger partial charge in [0.2, 0.25) is 0 Å². The van der Waals surface area contributed by atoms with Crippen molar-refractivity contribution in [1.82, 2.24) is 20.1 Å². The Morgan fingerprint density at radius 2 is 1.96 bits per heavy atom. The van der Waals surface area contributed by atoms with Crippen LogP contribution in [0.3, 0.4) is 0 Å². The van der Waals surface area contributed by atoms with Crippen LogP contribution in [0.5, 0.6) is 0 Å². The lowest BCUT2D eigenvalue weighted by atomic mass is 10.1. The Kier molecular flexibility index (Phi) is 4.99. The number of pyridine rings is 1. The maximum absolute atomic E-state index is 12.7. The second-order valence-corrected chi connectivity index (χ2v) is 5.68. The molecule has 0 fully saturated rings. The van der Waals surface area contributed by atoms with Crippen LogP contribution in [-0.4, -0.2) is 33.0 Å². The van der Waals surface area contributed by atoms with Crippen LogP contribution in [0.2, 0.25) is 0 Å². The predicted octanol–water partition coefficient (Wildman–Crippen LogP) is 2.12. The molecule has 0 saturated heterocycles. The van der Waals surface area contributed by atoms with E-state index in [1.54, 1.807) is 31.3 Å². The Balaban J connectivity index is 1.80. The first-order valence-electron chi connectivity index (χ1n) is 7.95. The monoisotopic (exact) mass is 334 g/mol. The SMILES string of the molecule is Cc1cc(C(=O)NC(C=O)Cc2ccccc2)n(-c2ccccn2)n1. The maximum Gasteiger partial charge on any atom is 0.270 e. The zero-order chi connectivity index (χ0) is 17.6. The van der Waals surface area contributed by atoms with E-state index in [9.17, 15) is 9.59 Å². The Bertz CT molecular complexity index is 860. The molecule has 25 heavy (non-hydrogen) atoms. The molecule has 1 atom stereocenters. The van der Waals surface area contributed by atoms with Gasteiger partial charge in [-0.2, -0.15) is 5.10 Å². The van der Waals surface area contributed by atoms with Gasteiger partial charge in [-0.1, -0.05) is 36.4 Å². The second-order valence-electron chi connectivity index (χ2n) is 5.68. The number of hydrogen-bond donors (Lipinski definition) is 1. The lowest BCUT2D eigenvalue weighted by Crippen LogP contribution is -2.38. The van der Waals surface area contributed by atoms with E-state index in [1.165, 1.54) is 4.68 Å². The smallest absolute Gasteiger partial charge is 0.270 e. The molecule has 1 unspecified atom stereocenters. The summed E-state index contributed by atoms with van der Waals surface area (Å²) in [5.74, 6) is 0.186. The number of aromatic nitrogens is 3. The molecule has 1 N–H and O–H groups in total. The molecule has 6 heteroatoms. The third-order valence-electron chi connectivity index (χ3n) is 3.71. The molecule has 0 spiro atoms. The van der Waals surface area contributed by atoms with Gasteiger partial charge in [-0.3, -0.25) is 4.79 Å². The van der Waals surface area contributed by atoms with E-state index in [1.807, 2.05) is 36.4 Å². The van der Waals surface area contributed by atoms with E-state index in [2.05, 4.69) is 15.4 Å². The largest absolute Gasteiger partial charge is 0.341 e. The minimum absolute atomic E-state index is 0.344. The number of aryl methyl sites for hydroxylation is 1. The second kappa shape index (κ2) is 7.53. The fraction of sp³-hybridized carbons (Fsp3) is 0.158. The molecule has 1 amide bonds. The van der Waals surface area contributed by atoms with Gasteiger partial charge in [-0.25, -0.2) is 9.67 Å². The van der Waals surface area contributed by atoms with Crippen LogP contribution in [0.25, 0.3) is 5.82 Å². The average molecular weight is 334 g/mol. The van der Waals surface area contributed by atoms with Crippen molar-refractivity contribution in [2.45, 2.75) is 19.4 Å². The minimum Gasteiger partial charge on any atom is -0.341 e. The summed E-state index contributed by atoms with van der Waals surface area (Å²) in [6.45, 7) is 1.80. The molecular weight excluding hydrogens is 316 g/mol. The standard InChI is InChI=1S/C19H18N4O2/c1-14-11-17(23(22-14)18-9-5-6-10-20-18)19(25)21-16(13-24)12-15-7-3-2-4-8-15/h2-11,13,16H,12H2,1H3,(H,21,25). The molecule has 1 aromatic carbocycles. The number of carbonyl (C=O) groups excluding carboxylic acids is 2. The van der Waals surface area contributed by atoms with Gasteiger partial charge in [0.25, 0.3) is 5.91 Å². The normalized spacial score (nSPS) is 11.7. The van der Waals surface area contributed by atoms with Gasteiger partial charge in [0.15, 0.2) is 5.82 Å². The van der Waals surface area contributed by atoms with E-state index in [0.29, 0.717) is 23.6 Å². The van der Waals surface area contributed by atoms with Gasteiger partial charge < -0.3 is 10.1 Å². The van der Waals surface area contributed by atoms with Gasteiger partial charge in [0.05, 0.1) is 11.7 Å². The van der Waals surface area contributed by atoms with Crippen LogP contribution in [0.1, 0.15) is 21.7 Å². The first-order valence-corrected chi connectivity index (χ1v) is 7.95.